The highest BCUT2D eigenvalue weighted by Gasteiger charge is 2.24. The van der Waals surface area contributed by atoms with Crippen LogP contribution in [0.15, 0.2) is 42.6 Å². The molecule has 1 aromatic heterocycles. The molecule has 1 aliphatic rings. The summed E-state index contributed by atoms with van der Waals surface area (Å²) < 4.78 is 5.19. The number of nitrogen functional groups attached to an aromatic ring is 1. The van der Waals surface area contributed by atoms with Crippen LogP contribution in [0.3, 0.4) is 0 Å². The number of hydrogen-bond donors (Lipinski definition) is 1. The molecule has 0 saturated carbocycles. The van der Waals surface area contributed by atoms with Gasteiger partial charge in [-0.25, -0.2) is 0 Å². The highest BCUT2D eigenvalue weighted by atomic mass is 16.5. The zero-order valence-corrected chi connectivity index (χ0v) is 12.3. The Hall–Kier alpha value is -2.07. The number of nitrogens with two attached hydrogens (primary N) is 1. The first-order chi connectivity index (χ1) is 10.2. The Morgan fingerprint density at radius 2 is 2.05 bits per heavy atom. The monoisotopic (exact) mass is 283 g/mol. The Morgan fingerprint density at radius 3 is 2.71 bits per heavy atom. The van der Waals surface area contributed by atoms with Gasteiger partial charge in [0.1, 0.15) is 5.75 Å². The summed E-state index contributed by atoms with van der Waals surface area (Å²) in [5.41, 5.74) is 8.90. The lowest BCUT2D eigenvalue weighted by Crippen LogP contribution is -2.19. The second-order valence-electron chi connectivity index (χ2n) is 5.59. The van der Waals surface area contributed by atoms with Gasteiger partial charge in [0.25, 0.3) is 0 Å². The van der Waals surface area contributed by atoms with E-state index in [1.54, 1.807) is 13.3 Å². The molecule has 0 spiro atoms. The van der Waals surface area contributed by atoms with Gasteiger partial charge in [0.2, 0.25) is 0 Å². The predicted molar refractivity (Wildman–Crippen MR) is 84.3 cm³/mol. The molecule has 0 bridgehead atoms. The summed E-state index contributed by atoms with van der Waals surface area (Å²) in [5.74, 6) is 1.42. The smallest absolute Gasteiger partial charge is 0.118 e. The van der Waals surface area contributed by atoms with Crippen LogP contribution >= 0.6 is 0 Å². The first-order valence-electron chi connectivity index (χ1n) is 7.31. The van der Waals surface area contributed by atoms with Gasteiger partial charge < -0.3 is 10.5 Å². The topological polar surface area (TPSA) is 51.4 Å². The molecular formula is C17H21N3O. The lowest BCUT2D eigenvalue weighted by atomic mass is 10.0. The van der Waals surface area contributed by atoms with E-state index in [0.717, 1.165) is 43.2 Å². The number of rotatable bonds is 4. The van der Waals surface area contributed by atoms with Crippen LogP contribution in [0.5, 0.6) is 5.75 Å². The average molecular weight is 283 g/mol. The number of pyridine rings is 1. The van der Waals surface area contributed by atoms with Crippen molar-refractivity contribution >= 4 is 5.69 Å². The van der Waals surface area contributed by atoms with Gasteiger partial charge in [0, 0.05) is 24.7 Å². The normalized spacial score (nSPS) is 18.8. The molecule has 110 valence electrons. The number of ether oxygens (including phenoxy) is 1. The minimum atomic E-state index is 0.517. The molecule has 1 aliphatic heterocycles. The Bertz CT molecular complexity index is 580. The fourth-order valence-electron chi connectivity index (χ4n) is 2.87. The molecule has 3 rings (SSSR count). The number of aromatic nitrogens is 1. The number of benzene rings is 1. The SMILES string of the molecule is COc1ccc(CN2CC[C@H](c3ccc(N)cn3)C2)cc1. The van der Waals surface area contributed by atoms with E-state index in [-0.39, 0.29) is 0 Å². The van der Waals surface area contributed by atoms with Crippen LogP contribution in [0.25, 0.3) is 0 Å². The number of likely N-dealkylation sites (tertiary alicyclic amines) is 1. The molecule has 2 N–H and O–H groups in total. The van der Waals surface area contributed by atoms with Crippen molar-refractivity contribution < 1.29 is 4.74 Å². The van der Waals surface area contributed by atoms with Crippen molar-refractivity contribution in [3.63, 3.8) is 0 Å². The zero-order valence-electron chi connectivity index (χ0n) is 12.3. The quantitative estimate of drug-likeness (QED) is 0.937. The molecule has 1 saturated heterocycles. The lowest BCUT2D eigenvalue weighted by molar-refractivity contribution is 0.326. The van der Waals surface area contributed by atoms with E-state index < -0.39 is 0 Å². The molecular weight excluding hydrogens is 262 g/mol. The average Bonchev–Trinajstić information content (AvgIpc) is 2.97. The summed E-state index contributed by atoms with van der Waals surface area (Å²) in [4.78, 5) is 6.93. The summed E-state index contributed by atoms with van der Waals surface area (Å²) in [7, 11) is 1.69. The minimum absolute atomic E-state index is 0.517. The molecule has 0 unspecified atom stereocenters. The standard InChI is InChI=1S/C17H21N3O/c1-21-16-5-2-13(3-6-16)11-20-9-8-14(12-20)17-7-4-15(18)10-19-17/h2-7,10,14H,8-9,11-12,18H2,1H3/t14-/m0/s1. The summed E-state index contributed by atoms with van der Waals surface area (Å²) in [6.45, 7) is 3.15. The molecule has 2 heterocycles. The maximum absolute atomic E-state index is 5.70. The molecule has 2 aromatic rings. The largest absolute Gasteiger partial charge is 0.497 e. The molecule has 1 aromatic carbocycles. The number of anilines is 1. The second kappa shape index (κ2) is 6.14. The van der Waals surface area contributed by atoms with E-state index in [4.69, 9.17) is 10.5 Å². The zero-order chi connectivity index (χ0) is 14.7. The van der Waals surface area contributed by atoms with Crippen molar-refractivity contribution in [1.29, 1.82) is 0 Å². The third-order valence-electron chi connectivity index (χ3n) is 4.07. The molecule has 4 nitrogen and oxygen atoms in total. The van der Waals surface area contributed by atoms with E-state index >= 15 is 0 Å². The van der Waals surface area contributed by atoms with Crippen molar-refractivity contribution in [1.82, 2.24) is 9.88 Å². The summed E-state index contributed by atoms with van der Waals surface area (Å²) >= 11 is 0. The molecule has 0 aliphatic carbocycles. The second-order valence-corrected chi connectivity index (χ2v) is 5.59. The summed E-state index contributed by atoms with van der Waals surface area (Å²) in [6, 6.07) is 12.3. The first kappa shape index (κ1) is 13.9. The molecule has 1 atom stereocenters. The van der Waals surface area contributed by atoms with Crippen LogP contribution in [0.2, 0.25) is 0 Å². The van der Waals surface area contributed by atoms with E-state index in [1.165, 1.54) is 5.56 Å². The van der Waals surface area contributed by atoms with Gasteiger partial charge in [-0.2, -0.15) is 0 Å². The maximum Gasteiger partial charge on any atom is 0.118 e. The number of methoxy groups -OCH3 is 1. The van der Waals surface area contributed by atoms with Crippen molar-refractivity contribution in [2.45, 2.75) is 18.9 Å². The lowest BCUT2D eigenvalue weighted by Gasteiger charge is -2.16. The van der Waals surface area contributed by atoms with Crippen molar-refractivity contribution in [2.75, 3.05) is 25.9 Å². The number of nitrogens with zero attached hydrogens (tertiary/aromatic N) is 2. The van der Waals surface area contributed by atoms with E-state index in [2.05, 4.69) is 28.1 Å². The number of hydrogen-bond acceptors (Lipinski definition) is 4. The van der Waals surface area contributed by atoms with Gasteiger partial charge in [-0.1, -0.05) is 12.1 Å². The van der Waals surface area contributed by atoms with Crippen LogP contribution in [0.4, 0.5) is 5.69 Å². The minimum Gasteiger partial charge on any atom is -0.497 e. The molecule has 1 fully saturated rings. The third-order valence-corrected chi connectivity index (χ3v) is 4.07. The Kier molecular flexibility index (Phi) is 4.06. The Labute approximate surface area is 125 Å². The van der Waals surface area contributed by atoms with E-state index in [9.17, 15) is 0 Å². The van der Waals surface area contributed by atoms with Crippen LogP contribution in [-0.4, -0.2) is 30.1 Å². The highest BCUT2D eigenvalue weighted by Crippen LogP contribution is 2.27. The van der Waals surface area contributed by atoms with Crippen molar-refractivity contribution in [3.8, 4) is 5.75 Å². The van der Waals surface area contributed by atoms with Gasteiger partial charge in [-0.15, -0.1) is 0 Å². The van der Waals surface area contributed by atoms with Gasteiger partial charge in [0.15, 0.2) is 0 Å². The summed E-state index contributed by atoms with van der Waals surface area (Å²) in [5, 5.41) is 0. The molecule has 0 amide bonds. The predicted octanol–water partition coefficient (Wildman–Crippen LogP) is 2.66. The summed E-state index contributed by atoms with van der Waals surface area (Å²) in [6.07, 6.45) is 2.91. The van der Waals surface area contributed by atoms with Crippen LogP contribution < -0.4 is 10.5 Å². The molecule has 0 radical (unpaired) electrons. The van der Waals surface area contributed by atoms with E-state index in [1.807, 2.05) is 18.2 Å². The fourth-order valence-corrected chi connectivity index (χ4v) is 2.87. The van der Waals surface area contributed by atoms with Gasteiger partial charge in [-0.05, 0) is 42.8 Å². The van der Waals surface area contributed by atoms with Crippen LogP contribution in [0, 0.1) is 0 Å². The molecule has 21 heavy (non-hydrogen) atoms. The van der Waals surface area contributed by atoms with Gasteiger partial charge in [0.05, 0.1) is 19.0 Å². The maximum atomic E-state index is 5.70. The Balaban J connectivity index is 1.60. The van der Waals surface area contributed by atoms with Crippen molar-refractivity contribution in [3.05, 3.63) is 53.9 Å². The fraction of sp³-hybridized carbons (Fsp3) is 0.353. The molecule has 4 heteroatoms. The van der Waals surface area contributed by atoms with Crippen molar-refractivity contribution in [2.24, 2.45) is 0 Å². The van der Waals surface area contributed by atoms with E-state index in [0.29, 0.717) is 5.92 Å². The third kappa shape index (κ3) is 3.34. The Morgan fingerprint density at radius 1 is 1.24 bits per heavy atom. The van der Waals surface area contributed by atoms with Crippen LogP contribution in [-0.2, 0) is 6.54 Å². The van der Waals surface area contributed by atoms with Gasteiger partial charge in [-0.3, -0.25) is 9.88 Å². The first-order valence-corrected chi connectivity index (χ1v) is 7.31. The van der Waals surface area contributed by atoms with Crippen LogP contribution in [0.1, 0.15) is 23.6 Å². The van der Waals surface area contributed by atoms with Gasteiger partial charge >= 0.3 is 0 Å². The highest BCUT2D eigenvalue weighted by molar-refractivity contribution is 5.35.